The van der Waals surface area contributed by atoms with Crippen LogP contribution in [0.25, 0.3) is 6.08 Å². The maximum absolute atomic E-state index is 12.0. The van der Waals surface area contributed by atoms with Crippen LogP contribution in [0.5, 0.6) is 0 Å². The van der Waals surface area contributed by atoms with Gasteiger partial charge in [-0.3, -0.25) is 0 Å². The fourth-order valence-corrected chi connectivity index (χ4v) is 3.10. The summed E-state index contributed by atoms with van der Waals surface area (Å²) in [7, 11) is 1.39. The molecule has 23 heavy (non-hydrogen) atoms. The summed E-state index contributed by atoms with van der Waals surface area (Å²) >= 11 is 1.69. The van der Waals surface area contributed by atoms with E-state index in [4.69, 9.17) is 9.47 Å². The molecule has 0 fully saturated rings. The summed E-state index contributed by atoms with van der Waals surface area (Å²) in [4.78, 5) is 13.0. The molecular formula is C19H20O3S. The standard InChI is InChI=1S/C19H20O3S/c1-3-22-13-12-16-17(19(20)21-2)10-7-11-18(16)23-14-15-8-5-4-6-9-15/h4-13H,3,14H2,1-2H3/b13-12+. The van der Waals surface area contributed by atoms with Gasteiger partial charge in [-0.15, -0.1) is 11.8 Å². The van der Waals surface area contributed by atoms with Crippen LogP contribution in [-0.2, 0) is 15.2 Å². The fraction of sp³-hybridized carbons (Fsp3) is 0.211. The lowest BCUT2D eigenvalue weighted by molar-refractivity contribution is 0.0600. The summed E-state index contributed by atoms with van der Waals surface area (Å²) in [5.74, 6) is 0.490. The van der Waals surface area contributed by atoms with Gasteiger partial charge < -0.3 is 9.47 Å². The fourth-order valence-electron chi connectivity index (χ4n) is 2.08. The number of hydrogen-bond acceptors (Lipinski definition) is 4. The minimum atomic E-state index is -0.344. The number of ether oxygens (including phenoxy) is 2. The number of hydrogen-bond donors (Lipinski definition) is 0. The lowest BCUT2D eigenvalue weighted by atomic mass is 10.1. The molecule has 0 N–H and O–H groups in total. The quantitative estimate of drug-likeness (QED) is 0.416. The number of rotatable bonds is 7. The summed E-state index contributed by atoms with van der Waals surface area (Å²) in [5, 5.41) is 0. The molecule has 0 bridgehead atoms. The zero-order valence-electron chi connectivity index (χ0n) is 13.3. The molecule has 120 valence electrons. The molecule has 2 aromatic carbocycles. The molecule has 0 saturated carbocycles. The molecule has 2 aromatic rings. The van der Waals surface area contributed by atoms with Crippen molar-refractivity contribution in [2.75, 3.05) is 13.7 Å². The zero-order valence-corrected chi connectivity index (χ0v) is 14.1. The highest BCUT2D eigenvalue weighted by Gasteiger charge is 2.14. The van der Waals surface area contributed by atoms with Gasteiger partial charge in [-0.25, -0.2) is 4.79 Å². The summed E-state index contributed by atoms with van der Waals surface area (Å²) < 4.78 is 10.2. The molecule has 0 heterocycles. The van der Waals surface area contributed by atoms with E-state index < -0.39 is 0 Å². The van der Waals surface area contributed by atoms with Gasteiger partial charge in [-0.1, -0.05) is 36.4 Å². The van der Waals surface area contributed by atoms with Crippen molar-refractivity contribution in [3.8, 4) is 0 Å². The second-order valence-electron chi connectivity index (χ2n) is 4.74. The van der Waals surface area contributed by atoms with Crippen molar-refractivity contribution >= 4 is 23.8 Å². The Morgan fingerprint density at radius 1 is 1.13 bits per heavy atom. The Bertz CT molecular complexity index is 666. The number of benzene rings is 2. The third kappa shape index (κ3) is 4.89. The van der Waals surface area contributed by atoms with E-state index in [9.17, 15) is 4.79 Å². The normalized spacial score (nSPS) is 10.7. The molecule has 0 aliphatic heterocycles. The molecule has 4 heteroatoms. The van der Waals surface area contributed by atoms with Gasteiger partial charge in [-0.05, 0) is 30.7 Å². The first kappa shape index (κ1) is 17.2. The number of carbonyl (C=O) groups excluding carboxylic acids is 1. The van der Waals surface area contributed by atoms with Gasteiger partial charge in [0.25, 0.3) is 0 Å². The molecule has 3 nitrogen and oxygen atoms in total. The molecule has 0 atom stereocenters. The molecular weight excluding hydrogens is 308 g/mol. The second-order valence-corrected chi connectivity index (χ2v) is 5.76. The summed E-state index contributed by atoms with van der Waals surface area (Å²) in [6, 6.07) is 15.9. The molecule has 0 radical (unpaired) electrons. The van der Waals surface area contributed by atoms with Crippen LogP contribution >= 0.6 is 11.8 Å². The molecule has 2 rings (SSSR count). The van der Waals surface area contributed by atoms with Gasteiger partial charge in [0, 0.05) is 16.2 Å². The van der Waals surface area contributed by atoms with E-state index in [2.05, 4.69) is 12.1 Å². The Morgan fingerprint density at radius 2 is 1.91 bits per heavy atom. The smallest absolute Gasteiger partial charge is 0.338 e. The van der Waals surface area contributed by atoms with Crippen molar-refractivity contribution in [2.45, 2.75) is 17.6 Å². The van der Waals surface area contributed by atoms with Gasteiger partial charge in [0.1, 0.15) is 0 Å². The molecule has 0 aliphatic carbocycles. The van der Waals surface area contributed by atoms with Crippen LogP contribution in [0.3, 0.4) is 0 Å². The van der Waals surface area contributed by atoms with E-state index in [1.165, 1.54) is 12.7 Å². The lowest BCUT2D eigenvalue weighted by Gasteiger charge is -2.10. The highest BCUT2D eigenvalue weighted by Crippen LogP contribution is 2.30. The van der Waals surface area contributed by atoms with Crippen molar-refractivity contribution in [1.29, 1.82) is 0 Å². The first-order chi connectivity index (χ1) is 11.3. The van der Waals surface area contributed by atoms with Gasteiger partial charge in [-0.2, -0.15) is 0 Å². The Hall–Kier alpha value is -2.20. The number of carbonyl (C=O) groups is 1. The Labute approximate surface area is 141 Å². The number of thioether (sulfide) groups is 1. The predicted molar refractivity (Wildman–Crippen MR) is 94.4 cm³/mol. The monoisotopic (exact) mass is 328 g/mol. The zero-order chi connectivity index (χ0) is 16.5. The van der Waals surface area contributed by atoms with Gasteiger partial charge in [0.15, 0.2) is 0 Å². The van der Waals surface area contributed by atoms with Crippen LogP contribution in [-0.4, -0.2) is 19.7 Å². The third-order valence-electron chi connectivity index (χ3n) is 3.21. The van der Waals surface area contributed by atoms with Crippen molar-refractivity contribution < 1.29 is 14.3 Å². The van der Waals surface area contributed by atoms with Gasteiger partial charge >= 0.3 is 5.97 Å². The highest BCUT2D eigenvalue weighted by molar-refractivity contribution is 7.98. The molecule has 0 aliphatic rings. The molecule has 0 saturated heterocycles. The van der Waals surface area contributed by atoms with Gasteiger partial charge in [0.05, 0.1) is 25.5 Å². The highest BCUT2D eigenvalue weighted by atomic mass is 32.2. The second kappa shape index (κ2) is 9.06. The van der Waals surface area contributed by atoms with Crippen molar-refractivity contribution in [3.05, 3.63) is 71.5 Å². The summed E-state index contributed by atoms with van der Waals surface area (Å²) in [6.45, 7) is 2.50. The van der Waals surface area contributed by atoms with E-state index in [1.807, 2.05) is 43.3 Å². The summed E-state index contributed by atoms with van der Waals surface area (Å²) in [5.41, 5.74) is 2.61. The first-order valence-corrected chi connectivity index (χ1v) is 8.41. The van der Waals surface area contributed by atoms with Crippen molar-refractivity contribution in [1.82, 2.24) is 0 Å². The van der Waals surface area contributed by atoms with Crippen LogP contribution in [0.15, 0.2) is 59.7 Å². The average Bonchev–Trinajstić information content (AvgIpc) is 2.61. The lowest BCUT2D eigenvalue weighted by Crippen LogP contribution is -2.04. The van der Waals surface area contributed by atoms with E-state index >= 15 is 0 Å². The van der Waals surface area contributed by atoms with Crippen LogP contribution in [0.4, 0.5) is 0 Å². The molecule has 0 aromatic heterocycles. The predicted octanol–water partition coefficient (Wildman–Crippen LogP) is 4.77. The summed E-state index contributed by atoms with van der Waals surface area (Å²) in [6.07, 6.45) is 3.44. The largest absolute Gasteiger partial charge is 0.501 e. The topological polar surface area (TPSA) is 35.5 Å². The Morgan fingerprint density at radius 3 is 2.61 bits per heavy atom. The van der Waals surface area contributed by atoms with Crippen LogP contribution < -0.4 is 0 Å². The van der Waals surface area contributed by atoms with Crippen LogP contribution in [0, 0.1) is 0 Å². The third-order valence-corrected chi connectivity index (χ3v) is 4.35. The van der Waals surface area contributed by atoms with Crippen molar-refractivity contribution in [3.63, 3.8) is 0 Å². The number of esters is 1. The maximum atomic E-state index is 12.0. The average molecular weight is 328 g/mol. The molecule has 0 spiro atoms. The molecule has 0 unspecified atom stereocenters. The van der Waals surface area contributed by atoms with E-state index in [0.717, 1.165) is 16.2 Å². The van der Waals surface area contributed by atoms with E-state index in [1.54, 1.807) is 24.1 Å². The minimum absolute atomic E-state index is 0.344. The van der Waals surface area contributed by atoms with E-state index in [0.29, 0.717) is 12.2 Å². The van der Waals surface area contributed by atoms with Crippen molar-refractivity contribution in [2.24, 2.45) is 0 Å². The van der Waals surface area contributed by atoms with E-state index in [-0.39, 0.29) is 5.97 Å². The Balaban J connectivity index is 2.27. The first-order valence-electron chi connectivity index (χ1n) is 7.42. The maximum Gasteiger partial charge on any atom is 0.338 e. The SMILES string of the molecule is CCO/C=C/c1c(SCc2ccccc2)cccc1C(=O)OC. The van der Waals surface area contributed by atoms with Crippen LogP contribution in [0.2, 0.25) is 0 Å². The van der Waals surface area contributed by atoms with Crippen LogP contribution in [0.1, 0.15) is 28.4 Å². The number of methoxy groups -OCH3 is 1. The minimum Gasteiger partial charge on any atom is -0.501 e. The molecule has 0 amide bonds. The Kier molecular flexibility index (Phi) is 6.76. The van der Waals surface area contributed by atoms with Gasteiger partial charge in [0.2, 0.25) is 0 Å².